The van der Waals surface area contributed by atoms with Crippen LogP contribution in [-0.4, -0.2) is 27.5 Å². The quantitative estimate of drug-likeness (QED) is 0.366. The molecule has 0 aliphatic heterocycles. The second kappa shape index (κ2) is 9.07. The summed E-state index contributed by atoms with van der Waals surface area (Å²) in [6.07, 6.45) is 0. The van der Waals surface area contributed by atoms with Gasteiger partial charge in [-0.05, 0) is 31.2 Å². The van der Waals surface area contributed by atoms with Crippen molar-refractivity contribution < 1.29 is 9.59 Å². The molecule has 0 atom stereocenters. The summed E-state index contributed by atoms with van der Waals surface area (Å²) in [7, 11) is 0. The lowest BCUT2D eigenvalue weighted by molar-refractivity contribution is -0.113. The van der Waals surface area contributed by atoms with Crippen molar-refractivity contribution in [1.29, 1.82) is 0 Å². The Morgan fingerprint density at radius 1 is 1.07 bits per heavy atom. The van der Waals surface area contributed by atoms with E-state index in [4.69, 9.17) is 5.73 Å². The van der Waals surface area contributed by atoms with Gasteiger partial charge in [-0.25, -0.2) is 4.98 Å². The number of carbonyl (C=O) groups is 2. The number of aryl methyl sites for hydroxylation is 1. The summed E-state index contributed by atoms with van der Waals surface area (Å²) in [5, 5.41) is 5.41. The van der Waals surface area contributed by atoms with Crippen LogP contribution in [0.25, 0.3) is 0 Å². The van der Waals surface area contributed by atoms with Gasteiger partial charge >= 0.3 is 0 Å². The Kier molecular flexibility index (Phi) is 6.30. The Labute approximate surface area is 170 Å². The van der Waals surface area contributed by atoms with Crippen LogP contribution >= 0.6 is 11.8 Å². The summed E-state index contributed by atoms with van der Waals surface area (Å²) >= 11 is 1.03. The van der Waals surface area contributed by atoms with E-state index >= 15 is 0 Å². The van der Waals surface area contributed by atoms with Gasteiger partial charge in [0.05, 0.1) is 5.75 Å². The van der Waals surface area contributed by atoms with E-state index in [0.29, 0.717) is 11.3 Å². The molecule has 2 amide bonds. The smallest absolute Gasteiger partial charge is 0.277 e. The van der Waals surface area contributed by atoms with Crippen molar-refractivity contribution in [2.45, 2.75) is 12.1 Å². The summed E-state index contributed by atoms with van der Waals surface area (Å²) in [5.41, 5.74) is 7.27. The van der Waals surface area contributed by atoms with Gasteiger partial charge in [0, 0.05) is 11.3 Å². The summed E-state index contributed by atoms with van der Waals surface area (Å²) in [6, 6.07) is 15.8. The van der Waals surface area contributed by atoms with Crippen molar-refractivity contribution in [1.82, 2.24) is 9.97 Å². The molecule has 1 heterocycles. The third kappa shape index (κ3) is 5.45. The Morgan fingerprint density at radius 2 is 1.76 bits per heavy atom. The van der Waals surface area contributed by atoms with Gasteiger partial charge < -0.3 is 16.4 Å². The number of H-pyrrole nitrogens is 1. The number of nitrogens with two attached hydrogens (primary N) is 1. The van der Waals surface area contributed by atoms with E-state index in [1.54, 1.807) is 42.5 Å². The van der Waals surface area contributed by atoms with Gasteiger partial charge in [-0.15, -0.1) is 0 Å². The number of hydrogen-bond donors (Lipinski definition) is 4. The van der Waals surface area contributed by atoms with Crippen molar-refractivity contribution in [3.63, 3.8) is 0 Å². The Morgan fingerprint density at radius 3 is 2.41 bits per heavy atom. The molecule has 0 aliphatic rings. The van der Waals surface area contributed by atoms with E-state index in [1.165, 1.54) is 0 Å². The summed E-state index contributed by atoms with van der Waals surface area (Å²) in [4.78, 5) is 43.2. The van der Waals surface area contributed by atoms with Crippen LogP contribution in [0.3, 0.4) is 0 Å². The second-order valence-corrected chi connectivity index (χ2v) is 7.12. The minimum Gasteiger partial charge on any atom is -0.382 e. The molecule has 9 heteroatoms. The number of benzene rings is 2. The molecule has 0 fully saturated rings. The molecule has 0 spiro atoms. The highest BCUT2D eigenvalue weighted by Crippen LogP contribution is 2.18. The zero-order chi connectivity index (χ0) is 20.8. The van der Waals surface area contributed by atoms with E-state index in [1.807, 2.05) is 19.1 Å². The zero-order valence-corrected chi connectivity index (χ0v) is 16.4. The van der Waals surface area contributed by atoms with Gasteiger partial charge in [0.15, 0.2) is 11.0 Å². The van der Waals surface area contributed by atoms with Crippen LogP contribution in [0.1, 0.15) is 15.9 Å². The van der Waals surface area contributed by atoms with Crippen LogP contribution in [0.15, 0.2) is 64.5 Å². The molecule has 0 saturated heterocycles. The first-order valence-electron chi connectivity index (χ1n) is 8.68. The van der Waals surface area contributed by atoms with Gasteiger partial charge in [0.25, 0.3) is 11.5 Å². The average molecular weight is 409 g/mol. The van der Waals surface area contributed by atoms with Gasteiger partial charge in [0.1, 0.15) is 5.69 Å². The van der Waals surface area contributed by atoms with Crippen LogP contribution in [0.2, 0.25) is 0 Å². The molecule has 148 valence electrons. The van der Waals surface area contributed by atoms with Crippen molar-refractivity contribution in [3.05, 3.63) is 76.1 Å². The predicted molar refractivity (Wildman–Crippen MR) is 114 cm³/mol. The SMILES string of the molecule is Cc1ccc(NC(=O)CSc2nc(N)c(NC(=O)c3ccccc3)c(=O)[nH]2)cc1. The number of carbonyl (C=O) groups excluding carboxylic acids is 2. The number of nitrogens with one attached hydrogen (secondary N) is 3. The first kappa shape index (κ1) is 20.2. The maximum atomic E-state index is 12.3. The molecular weight excluding hydrogens is 390 g/mol. The number of aromatic amines is 1. The molecule has 0 bridgehead atoms. The molecule has 2 aromatic carbocycles. The van der Waals surface area contributed by atoms with E-state index in [9.17, 15) is 14.4 Å². The number of hydrogen-bond acceptors (Lipinski definition) is 6. The third-order valence-corrected chi connectivity index (χ3v) is 4.75. The molecule has 0 unspecified atom stereocenters. The number of nitrogen functional groups attached to an aromatic ring is 1. The Hall–Kier alpha value is -3.59. The summed E-state index contributed by atoms with van der Waals surface area (Å²) in [5.74, 6) is -0.810. The molecule has 3 rings (SSSR count). The lowest BCUT2D eigenvalue weighted by Crippen LogP contribution is -2.23. The van der Waals surface area contributed by atoms with E-state index < -0.39 is 11.5 Å². The van der Waals surface area contributed by atoms with Crippen molar-refractivity contribution in [2.75, 3.05) is 22.1 Å². The lowest BCUT2D eigenvalue weighted by atomic mass is 10.2. The topological polar surface area (TPSA) is 130 Å². The first-order valence-corrected chi connectivity index (χ1v) is 9.66. The van der Waals surface area contributed by atoms with E-state index in [0.717, 1.165) is 17.3 Å². The van der Waals surface area contributed by atoms with E-state index in [2.05, 4.69) is 20.6 Å². The number of rotatable bonds is 6. The maximum absolute atomic E-state index is 12.3. The Balaban J connectivity index is 1.63. The van der Waals surface area contributed by atoms with Crippen LogP contribution in [0.4, 0.5) is 17.2 Å². The van der Waals surface area contributed by atoms with Crippen molar-refractivity contribution in [3.8, 4) is 0 Å². The van der Waals surface area contributed by atoms with Crippen molar-refractivity contribution >= 4 is 40.8 Å². The second-order valence-electron chi connectivity index (χ2n) is 6.15. The maximum Gasteiger partial charge on any atom is 0.277 e. The van der Waals surface area contributed by atoms with Crippen LogP contribution in [0.5, 0.6) is 0 Å². The third-order valence-electron chi connectivity index (χ3n) is 3.88. The fourth-order valence-corrected chi connectivity index (χ4v) is 3.07. The minimum atomic E-state index is -0.594. The highest BCUT2D eigenvalue weighted by atomic mass is 32.2. The molecule has 5 N–H and O–H groups in total. The fraction of sp³-hybridized carbons (Fsp3) is 0.100. The molecule has 3 aromatic rings. The Bertz CT molecular complexity index is 1080. The highest BCUT2D eigenvalue weighted by Gasteiger charge is 2.14. The molecular formula is C20H19N5O3S. The number of thioether (sulfide) groups is 1. The summed E-state index contributed by atoms with van der Waals surface area (Å²) < 4.78 is 0. The highest BCUT2D eigenvalue weighted by molar-refractivity contribution is 7.99. The fourth-order valence-electron chi connectivity index (χ4n) is 2.40. The predicted octanol–water partition coefficient (Wildman–Crippen LogP) is 2.64. The number of aromatic nitrogens is 2. The normalized spacial score (nSPS) is 10.4. The largest absolute Gasteiger partial charge is 0.382 e. The molecule has 29 heavy (non-hydrogen) atoms. The zero-order valence-electron chi connectivity index (χ0n) is 15.6. The molecule has 0 saturated carbocycles. The van der Waals surface area contributed by atoms with Gasteiger partial charge in [-0.3, -0.25) is 19.4 Å². The number of anilines is 3. The molecule has 8 nitrogen and oxygen atoms in total. The average Bonchev–Trinajstić information content (AvgIpc) is 2.71. The van der Waals surface area contributed by atoms with E-state index in [-0.39, 0.29) is 28.3 Å². The summed E-state index contributed by atoms with van der Waals surface area (Å²) in [6.45, 7) is 1.96. The molecule has 0 aliphatic carbocycles. The first-order chi connectivity index (χ1) is 13.9. The lowest BCUT2D eigenvalue weighted by Gasteiger charge is -2.09. The van der Waals surface area contributed by atoms with Crippen LogP contribution < -0.4 is 21.9 Å². The van der Waals surface area contributed by atoms with Gasteiger partial charge in [-0.1, -0.05) is 47.7 Å². The monoisotopic (exact) mass is 409 g/mol. The minimum absolute atomic E-state index is 0.0337. The standard InChI is InChI=1S/C20H19N5O3S/c1-12-7-9-14(10-8-12)22-15(26)11-29-20-24-17(21)16(19(28)25-20)23-18(27)13-5-3-2-4-6-13/h2-10H,11H2,1H3,(H,22,26)(H,23,27)(H3,21,24,25,28). The van der Waals surface area contributed by atoms with Gasteiger partial charge in [0.2, 0.25) is 5.91 Å². The van der Waals surface area contributed by atoms with Gasteiger partial charge in [-0.2, -0.15) is 0 Å². The van der Waals surface area contributed by atoms with Crippen LogP contribution in [0, 0.1) is 6.92 Å². The molecule has 0 radical (unpaired) electrons. The van der Waals surface area contributed by atoms with Crippen molar-refractivity contribution in [2.24, 2.45) is 0 Å². The number of nitrogens with zero attached hydrogens (tertiary/aromatic N) is 1. The number of amides is 2. The molecule has 1 aromatic heterocycles. The van der Waals surface area contributed by atoms with Crippen LogP contribution in [-0.2, 0) is 4.79 Å².